The fourth-order valence-electron chi connectivity index (χ4n) is 3.27. The summed E-state index contributed by atoms with van der Waals surface area (Å²) in [4.78, 5) is 23.0. The van der Waals surface area contributed by atoms with E-state index in [9.17, 15) is 14.7 Å². The molecule has 26 heavy (non-hydrogen) atoms. The van der Waals surface area contributed by atoms with E-state index in [2.05, 4.69) is 5.32 Å². The quantitative estimate of drug-likeness (QED) is 0.795. The minimum Gasteiger partial charge on any atom is -0.491 e. The van der Waals surface area contributed by atoms with Crippen molar-refractivity contribution in [3.63, 3.8) is 0 Å². The summed E-state index contributed by atoms with van der Waals surface area (Å²) in [6, 6.07) is 10.6. The predicted molar refractivity (Wildman–Crippen MR) is 97.4 cm³/mol. The second-order valence-electron chi connectivity index (χ2n) is 6.50. The van der Waals surface area contributed by atoms with Crippen molar-refractivity contribution in [1.29, 1.82) is 0 Å². The highest BCUT2D eigenvalue weighted by Crippen LogP contribution is 2.30. The molecule has 2 atom stereocenters. The smallest absolute Gasteiger partial charge is 0.326 e. The van der Waals surface area contributed by atoms with Crippen molar-refractivity contribution in [3.8, 4) is 5.75 Å². The lowest BCUT2D eigenvalue weighted by Crippen LogP contribution is -2.41. The van der Waals surface area contributed by atoms with E-state index in [4.69, 9.17) is 9.47 Å². The maximum Gasteiger partial charge on any atom is 0.326 e. The highest BCUT2D eigenvalue weighted by molar-refractivity contribution is 5.89. The van der Waals surface area contributed by atoms with Crippen molar-refractivity contribution in [2.45, 2.75) is 38.3 Å². The zero-order valence-corrected chi connectivity index (χ0v) is 14.7. The van der Waals surface area contributed by atoms with Crippen LogP contribution in [0.15, 0.2) is 36.4 Å². The molecule has 6 nitrogen and oxygen atoms in total. The van der Waals surface area contributed by atoms with Crippen LogP contribution in [0.1, 0.15) is 25.3 Å². The Bertz CT molecular complexity index is 798. The predicted octanol–water partition coefficient (Wildman–Crippen LogP) is 2.53. The number of rotatable bonds is 7. The molecule has 6 heteroatoms. The average molecular weight is 357 g/mol. The lowest BCUT2D eigenvalue weighted by atomic mass is 9.97. The third-order valence-corrected chi connectivity index (χ3v) is 4.53. The Kier molecular flexibility index (Phi) is 5.73. The number of nitrogens with one attached hydrogen (secondary N) is 1. The van der Waals surface area contributed by atoms with Crippen LogP contribution in [0.3, 0.4) is 0 Å². The molecule has 0 spiro atoms. The summed E-state index contributed by atoms with van der Waals surface area (Å²) < 4.78 is 11.6. The lowest BCUT2D eigenvalue weighted by Gasteiger charge is -2.19. The molecule has 1 saturated heterocycles. The van der Waals surface area contributed by atoms with Crippen LogP contribution in [-0.2, 0) is 20.7 Å². The number of carboxylic acids is 1. The van der Waals surface area contributed by atoms with Gasteiger partial charge in [0.25, 0.3) is 0 Å². The Morgan fingerprint density at radius 1 is 1.31 bits per heavy atom. The number of hydrogen-bond donors (Lipinski definition) is 2. The van der Waals surface area contributed by atoms with Crippen molar-refractivity contribution >= 4 is 22.6 Å². The molecule has 1 aliphatic heterocycles. The highest BCUT2D eigenvalue weighted by Gasteiger charge is 2.23. The molecular weight excluding hydrogens is 334 g/mol. The molecule has 0 bridgehead atoms. The monoisotopic (exact) mass is 357 g/mol. The first-order valence-electron chi connectivity index (χ1n) is 8.79. The highest BCUT2D eigenvalue weighted by atomic mass is 16.5. The van der Waals surface area contributed by atoms with E-state index in [1.807, 2.05) is 36.4 Å². The van der Waals surface area contributed by atoms with Crippen LogP contribution >= 0.6 is 0 Å². The number of carbonyl (C=O) groups is 2. The van der Waals surface area contributed by atoms with Gasteiger partial charge in [0, 0.05) is 25.5 Å². The third-order valence-electron chi connectivity index (χ3n) is 4.53. The van der Waals surface area contributed by atoms with Gasteiger partial charge in [-0.3, -0.25) is 4.79 Å². The van der Waals surface area contributed by atoms with Gasteiger partial charge in [-0.05, 0) is 29.7 Å². The Hall–Kier alpha value is -2.60. The maximum atomic E-state index is 11.6. The number of aliphatic carboxylic acids is 1. The summed E-state index contributed by atoms with van der Waals surface area (Å²) in [5.74, 6) is -0.812. The van der Waals surface area contributed by atoms with E-state index >= 15 is 0 Å². The van der Waals surface area contributed by atoms with E-state index in [0.29, 0.717) is 12.4 Å². The van der Waals surface area contributed by atoms with E-state index in [1.165, 1.54) is 6.92 Å². The van der Waals surface area contributed by atoms with Crippen molar-refractivity contribution in [2.24, 2.45) is 0 Å². The molecule has 1 aliphatic rings. The summed E-state index contributed by atoms with van der Waals surface area (Å²) in [5.41, 5.74) is 0.780. The van der Waals surface area contributed by atoms with Crippen LogP contribution < -0.4 is 10.1 Å². The number of carboxylic acid groups (broad SMARTS) is 1. The van der Waals surface area contributed by atoms with Crippen molar-refractivity contribution < 1.29 is 24.2 Å². The Morgan fingerprint density at radius 3 is 2.81 bits per heavy atom. The van der Waals surface area contributed by atoms with Crippen LogP contribution in [0, 0.1) is 0 Å². The van der Waals surface area contributed by atoms with Gasteiger partial charge >= 0.3 is 5.97 Å². The number of benzene rings is 2. The minimum atomic E-state index is -1.07. The first-order valence-corrected chi connectivity index (χ1v) is 8.79. The first-order chi connectivity index (χ1) is 12.5. The standard InChI is InChI=1S/C20H23NO5/c1-13(22)21-18(20(23)24)11-17-16-7-3-2-5-14(16)8-9-19(17)26-12-15-6-4-10-25-15/h2-3,5,7-9,15,18H,4,6,10-12H2,1H3,(H,21,22)(H,23,24). The molecule has 0 radical (unpaired) electrons. The minimum absolute atomic E-state index is 0.0694. The largest absolute Gasteiger partial charge is 0.491 e. The van der Waals surface area contributed by atoms with Gasteiger partial charge in [0.1, 0.15) is 18.4 Å². The number of ether oxygens (including phenoxy) is 2. The van der Waals surface area contributed by atoms with Gasteiger partial charge < -0.3 is 19.9 Å². The second kappa shape index (κ2) is 8.19. The van der Waals surface area contributed by atoms with Crippen molar-refractivity contribution in [2.75, 3.05) is 13.2 Å². The normalized spacial score (nSPS) is 17.8. The molecule has 2 aromatic rings. The average Bonchev–Trinajstić information content (AvgIpc) is 3.13. The molecule has 2 aromatic carbocycles. The van der Waals surface area contributed by atoms with Crippen LogP contribution in [0.25, 0.3) is 10.8 Å². The van der Waals surface area contributed by atoms with Gasteiger partial charge in [0.05, 0.1) is 6.10 Å². The molecule has 2 unspecified atom stereocenters. The Morgan fingerprint density at radius 2 is 2.12 bits per heavy atom. The van der Waals surface area contributed by atoms with E-state index in [0.717, 1.165) is 35.8 Å². The molecule has 1 heterocycles. The zero-order chi connectivity index (χ0) is 18.5. The number of amides is 1. The van der Waals surface area contributed by atoms with E-state index in [1.54, 1.807) is 0 Å². The third kappa shape index (κ3) is 4.32. The van der Waals surface area contributed by atoms with Gasteiger partial charge in [-0.1, -0.05) is 30.3 Å². The van der Waals surface area contributed by atoms with Gasteiger partial charge in [-0.2, -0.15) is 0 Å². The molecular formula is C20H23NO5. The summed E-state index contributed by atoms with van der Waals surface area (Å²) in [5, 5.41) is 13.9. The molecule has 138 valence electrons. The molecule has 1 fully saturated rings. The number of carbonyl (C=O) groups excluding carboxylic acids is 1. The molecule has 3 rings (SSSR count). The molecule has 0 aliphatic carbocycles. The molecule has 2 N–H and O–H groups in total. The van der Waals surface area contributed by atoms with Crippen LogP contribution in [0.4, 0.5) is 0 Å². The van der Waals surface area contributed by atoms with Crippen LogP contribution in [-0.4, -0.2) is 42.3 Å². The fourth-order valence-corrected chi connectivity index (χ4v) is 3.27. The summed E-state index contributed by atoms with van der Waals surface area (Å²) in [7, 11) is 0. The number of hydrogen-bond acceptors (Lipinski definition) is 4. The second-order valence-corrected chi connectivity index (χ2v) is 6.50. The van der Waals surface area contributed by atoms with Gasteiger partial charge in [-0.25, -0.2) is 4.79 Å². The molecule has 0 aromatic heterocycles. The first kappa shape index (κ1) is 18.2. The zero-order valence-electron chi connectivity index (χ0n) is 14.7. The molecule has 0 saturated carbocycles. The number of fused-ring (bicyclic) bond motifs is 1. The van der Waals surface area contributed by atoms with Crippen molar-refractivity contribution in [3.05, 3.63) is 42.0 Å². The van der Waals surface area contributed by atoms with Crippen LogP contribution in [0.2, 0.25) is 0 Å². The van der Waals surface area contributed by atoms with E-state index in [-0.39, 0.29) is 18.4 Å². The lowest BCUT2D eigenvalue weighted by molar-refractivity contribution is -0.141. The SMILES string of the molecule is CC(=O)NC(Cc1c(OCC2CCCO2)ccc2ccccc12)C(=O)O. The molecule has 1 amide bonds. The maximum absolute atomic E-state index is 11.6. The van der Waals surface area contributed by atoms with Gasteiger partial charge in [-0.15, -0.1) is 0 Å². The van der Waals surface area contributed by atoms with Gasteiger partial charge in [0.2, 0.25) is 5.91 Å². The topological polar surface area (TPSA) is 84.9 Å². The van der Waals surface area contributed by atoms with Crippen LogP contribution in [0.5, 0.6) is 5.75 Å². The van der Waals surface area contributed by atoms with E-state index < -0.39 is 12.0 Å². The summed E-state index contributed by atoms with van der Waals surface area (Å²) in [6.07, 6.45) is 2.21. The van der Waals surface area contributed by atoms with Crippen molar-refractivity contribution in [1.82, 2.24) is 5.32 Å². The Balaban J connectivity index is 1.91. The van der Waals surface area contributed by atoms with Gasteiger partial charge in [0.15, 0.2) is 0 Å². The summed E-state index contributed by atoms with van der Waals surface area (Å²) >= 11 is 0. The fraction of sp³-hybridized carbons (Fsp3) is 0.400. The summed E-state index contributed by atoms with van der Waals surface area (Å²) in [6.45, 7) is 2.50. The Labute approximate surface area is 152 Å².